The average Bonchev–Trinajstić information content (AvgIpc) is 2.93. The minimum atomic E-state index is 0.238. The van der Waals surface area contributed by atoms with Gasteiger partial charge in [0.05, 0.1) is 5.92 Å². The predicted molar refractivity (Wildman–Crippen MR) is 79.0 cm³/mol. The molecule has 3 heteroatoms. The Kier molecular flexibility index (Phi) is 5.68. The molecule has 1 saturated carbocycles. The number of rotatable bonds is 5. The maximum atomic E-state index is 12.8. The lowest BCUT2D eigenvalue weighted by atomic mass is 9.96. The van der Waals surface area contributed by atoms with Crippen LogP contribution in [0.3, 0.4) is 0 Å². The molecule has 19 heavy (non-hydrogen) atoms. The molecule has 1 N–H and O–H groups in total. The molecule has 1 saturated heterocycles. The van der Waals surface area contributed by atoms with Crippen LogP contribution in [0, 0.1) is 11.8 Å². The van der Waals surface area contributed by atoms with Gasteiger partial charge >= 0.3 is 0 Å². The molecule has 1 heterocycles. The molecular weight excluding hydrogens is 236 g/mol. The molecule has 2 rings (SSSR count). The molecule has 1 amide bonds. The van der Waals surface area contributed by atoms with E-state index in [2.05, 4.69) is 24.1 Å². The maximum absolute atomic E-state index is 12.8. The van der Waals surface area contributed by atoms with E-state index in [0.717, 1.165) is 38.9 Å². The van der Waals surface area contributed by atoms with Crippen LogP contribution in [0.4, 0.5) is 0 Å². The van der Waals surface area contributed by atoms with Crippen molar-refractivity contribution >= 4 is 5.91 Å². The van der Waals surface area contributed by atoms with E-state index < -0.39 is 0 Å². The highest BCUT2D eigenvalue weighted by molar-refractivity contribution is 5.79. The first-order chi connectivity index (χ1) is 9.18. The molecule has 0 aromatic carbocycles. The average molecular weight is 266 g/mol. The van der Waals surface area contributed by atoms with E-state index in [1.54, 1.807) is 0 Å². The molecular formula is C16H30N2O. The van der Waals surface area contributed by atoms with Gasteiger partial charge in [0.2, 0.25) is 5.91 Å². The number of nitrogens with zero attached hydrogens (tertiary/aromatic N) is 1. The Bertz CT molecular complexity index is 278. The normalized spacial score (nSPS) is 24.9. The Morgan fingerprint density at radius 2 is 1.95 bits per heavy atom. The number of piperidine rings is 1. The summed E-state index contributed by atoms with van der Waals surface area (Å²) in [6, 6.07) is 0.535. The van der Waals surface area contributed by atoms with Crippen LogP contribution in [0.1, 0.15) is 58.8 Å². The summed E-state index contributed by atoms with van der Waals surface area (Å²) in [6.45, 7) is 7.44. The number of amides is 1. The van der Waals surface area contributed by atoms with Gasteiger partial charge in [-0.15, -0.1) is 0 Å². The van der Waals surface area contributed by atoms with Crippen molar-refractivity contribution in [2.75, 3.05) is 19.6 Å². The molecule has 2 aliphatic rings. The summed E-state index contributed by atoms with van der Waals surface area (Å²) in [6.07, 6.45) is 8.43. The van der Waals surface area contributed by atoms with E-state index in [4.69, 9.17) is 0 Å². The van der Waals surface area contributed by atoms with Crippen LogP contribution in [-0.2, 0) is 4.79 Å². The second-order valence-corrected chi connectivity index (χ2v) is 6.70. The third-order valence-corrected chi connectivity index (χ3v) is 4.64. The maximum Gasteiger partial charge on any atom is 0.227 e. The van der Waals surface area contributed by atoms with Crippen LogP contribution in [0.2, 0.25) is 0 Å². The van der Waals surface area contributed by atoms with Crippen molar-refractivity contribution in [1.29, 1.82) is 0 Å². The summed E-state index contributed by atoms with van der Waals surface area (Å²) < 4.78 is 0. The molecule has 0 spiro atoms. The third-order valence-electron chi connectivity index (χ3n) is 4.64. The van der Waals surface area contributed by atoms with Gasteiger partial charge in [-0.25, -0.2) is 0 Å². The van der Waals surface area contributed by atoms with E-state index in [9.17, 15) is 4.79 Å². The number of nitrogens with one attached hydrogen (secondary N) is 1. The lowest BCUT2D eigenvalue weighted by molar-refractivity contribution is -0.138. The van der Waals surface area contributed by atoms with Gasteiger partial charge in [-0.2, -0.15) is 0 Å². The van der Waals surface area contributed by atoms with Crippen molar-refractivity contribution in [3.05, 3.63) is 0 Å². The fraction of sp³-hybridized carbons (Fsp3) is 0.938. The molecule has 1 aliphatic heterocycles. The highest BCUT2D eigenvalue weighted by Crippen LogP contribution is 2.26. The standard InChI is InChI=1S/C16H30N2O/c1-13(2)9-11-18(15-7-3-4-8-15)16(19)14-6-5-10-17-12-14/h13-15,17H,3-12H2,1-2H3/t14-/m0/s1. The zero-order chi connectivity index (χ0) is 13.7. The minimum absolute atomic E-state index is 0.238. The van der Waals surface area contributed by atoms with E-state index in [0.29, 0.717) is 17.9 Å². The van der Waals surface area contributed by atoms with Crippen molar-refractivity contribution in [2.45, 2.75) is 64.8 Å². The summed E-state index contributed by atoms with van der Waals surface area (Å²) in [5.41, 5.74) is 0. The van der Waals surface area contributed by atoms with Gasteiger partial charge in [-0.1, -0.05) is 26.7 Å². The fourth-order valence-corrected chi connectivity index (χ4v) is 3.38. The van der Waals surface area contributed by atoms with Crippen LogP contribution in [-0.4, -0.2) is 36.5 Å². The molecule has 0 radical (unpaired) electrons. The van der Waals surface area contributed by atoms with Crippen molar-refractivity contribution in [2.24, 2.45) is 11.8 Å². The van der Waals surface area contributed by atoms with Crippen molar-refractivity contribution in [3.63, 3.8) is 0 Å². The molecule has 0 aromatic heterocycles. The van der Waals surface area contributed by atoms with Gasteiger partial charge < -0.3 is 10.2 Å². The zero-order valence-corrected chi connectivity index (χ0v) is 12.7. The zero-order valence-electron chi connectivity index (χ0n) is 12.7. The minimum Gasteiger partial charge on any atom is -0.339 e. The summed E-state index contributed by atoms with van der Waals surface area (Å²) in [7, 11) is 0. The first-order valence-corrected chi connectivity index (χ1v) is 8.19. The molecule has 3 nitrogen and oxygen atoms in total. The van der Waals surface area contributed by atoms with Gasteiger partial charge in [-0.3, -0.25) is 4.79 Å². The molecule has 1 aliphatic carbocycles. The Balaban J connectivity index is 1.95. The van der Waals surface area contributed by atoms with E-state index in [1.165, 1.54) is 25.7 Å². The molecule has 0 unspecified atom stereocenters. The fourth-order valence-electron chi connectivity index (χ4n) is 3.38. The molecule has 110 valence electrons. The van der Waals surface area contributed by atoms with Crippen LogP contribution < -0.4 is 5.32 Å². The van der Waals surface area contributed by atoms with Crippen molar-refractivity contribution in [1.82, 2.24) is 10.2 Å². The van der Waals surface area contributed by atoms with Gasteiger partial charge in [0.25, 0.3) is 0 Å². The lowest BCUT2D eigenvalue weighted by Gasteiger charge is -2.34. The Labute approximate surface area is 118 Å². The largest absolute Gasteiger partial charge is 0.339 e. The molecule has 0 bridgehead atoms. The summed E-state index contributed by atoms with van der Waals surface area (Å²) in [5.74, 6) is 1.35. The van der Waals surface area contributed by atoms with Gasteiger partial charge in [0.15, 0.2) is 0 Å². The Hall–Kier alpha value is -0.570. The van der Waals surface area contributed by atoms with E-state index >= 15 is 0 Å². The van der Waals surface area contributed by atoms with Crippen LogP contribution in [0.5, 0.6) is 0 Å². The number of hydrogen-bond acceptors (Lipinski definition) is 2. The quantitative estimate of drug-likeness (QED) is 0.830. The Morgan fingerprint density at radius 3 is 2.53 bits per heavy atom. The SMILES string of the molecule is CC(C)CCN(C(=O)[C@H]1CCCNC1)C1CCCC1. The lowest BCUT2D eigenvalue weighted by Crippen LogP contribution is -2.47. The summed E-state index contributed by atoms with van der Waals surface area (Å²) in [5, 5.41) is 3.38. The summed E-state index contributed by atoms with van der Waals surface area (Å²) >= 11 is 0. The van der Waals surface area contributed by atoms with Crippen LogP contribution in [0.25, 0.3) is 0 Å². The monoisotopic (exact) mass is 266 g/mol. The number of carbonyl (C=O) groups is 1. The van der Waals surface area contributed by atoms with E-state index in [1.807, 2.05) is 0 Å². The van der Waals surface area contributed by atoms with Crippen molar-refractivity contribution < 1.29 is 4.79 Å². The number of carbonyl (C=O) groups excluding carboxylic acids is 1. The van der Waals surface area contributed by atoms with Gasteiger partial charge in [-0.05, 0) is 44.6 Å². The smallest absolute Gasteiger partial charge is 0.227 e. The van der Waals surface area contributed by atoms with Gasteiger partial charge in [0, 0.05) is 19.1 Å². The van der Waals surface area contributed by atoms with Crippen LogP contribution in [0.15, 0.2) is 0 Å². The van der Waals surface area contributed by atoms with Crippen LogP contribution >= 0.6 is 0 Å². The highest BCUT2D eigenvalue weighted by atomic mass is 16.2. The Morgan fingerprint density at radius 1 is 1.21 bits per heavy atom. The molecule has 0 aromatic rings. The molecule has 2 fully saturated rings. The number of hydrogen-bond donors (Lipinski definition) is 1. The van der Waals surface area contributed by atoms with Gasteiger partial charge in [0.1, 0.15) is 0 Å². The summed E-state index contributed by atoms with van der Waals surface area (Å²) in [4.78, 5) is 15.0. The second-order valence-electron chi connectivity index (χ2n) is 6.70. The predicted octanol–water partition coefficient (Wildman–Crippen LogP) is 2.80. The van der Waals surface area contributed by atoms with Crippen molar-refractivity contribution in [3.8, 4) is 0 Å². The second kappa shape index (κ2) is 7.28. The first-order valence-electron chi connectivity index (χ1n) is 8.19. The van der Waals surface area contributed by atoms with E-state index in [-0.39, 0.29) is 5.92 Å². The first kappa shape index (κ1) is 14.8. The molecule has 1 atom stereocenters. The highest BCUT2D eigenvalue weighted by Gasteiger charge is 2.31. The topological polar surface area (TPSA) is 32.3 Å². The third kappa shape index (κ3) is 4.20.